The third-order valence-corrected chi connectivity index (χ3v) is 5.64. The van der Waals surface area contributed by atoms with Crippen molar-refractivity contribution in [1.29, 1.82) is 0 Å². The van der Waals surface area contributed by atoms with E-state index in [9.17, 15) is 9.59 Å². The van der Waals surface area contributed by atoms with Crippen LogP contribution in [0.4, 0.5) is 0 Å². The number of amides is 2. The molecule has 23 heavy (non-hydrogen) atoms. The average molecular weight is 323 g/mol. The summed E-state index contributed by atoms with van der Waals surface area (Å²) in [6.07, 6.45) is 8.98. The van der Waals surface area contributed by atoms with Crippen molar-refractivity contribution in [2.75, 3.05) is 26.2 Å². The molecule has 2 amide bonds. The van der Waals surface area contributed by atoms with Crippen LogP contribution < -0.4 is 11.1 Å². The Kier molecular flexibility index (Phi) is 6.88. The first-order valence-electron chi connectivity index (χ1n) is 9.36. The zero-order valence-electron chi connectivity index (χ0n) is 14.6. The Labute approximate surface area is 140 Å². The van der Waals surface area contributed by atoms with Crippen molar-refractivity contribution in [3.63, 3.8) is 0 Å². The van der Waals surface area contributed by atoms with Gasteiger partial charge >= 0.3 is 0 Å². The largest absolute Gasteiger partial charge is 0.356 e. The van der Waals surface area contributed by atoms with E-state index >= 15 is 0 Å². The summed E-state index contributed by atoms with van der Waals surface area (Å²) >= 11 is 0. The van der Waals surface area contributed by atoms with Gasteiger partial charge in [0.05, 0.1) is 0 Å². The van der Waals surface area contributed by atoms with E-state index < -0.39 is 0 Å². The molecule has 0 aromatic heterocycles. The molecule has 1 saturated carbocycles. The van der Waals surface area contributed by atoms with E-state index in [0.717, 1.165) is 38.6 Å². The fourth-order valence-electron chi connectivity index (χ4n) is 3.97. The van der Waals surface area contributed by atoms with Crippen LogP contribution in [0, 0.1) is 11.3 Å². The van der Waals surface area contributed by atoms with Crippen LogP contribution in [-0.4, -0.2) is 42.9 Å². The number of hydrogen-bond acceptors (Lipinski definition) is 3. The van der Waals surface area contributed by atoms with Gasteiger partial charge in [-0.15, -0.1) is 0 Å². The van der Waals surface area contributed by atoms with Crippen molar-refractivity contribution in [3.8, 4) is 0 Å². The predicted octanol–water partition coefficient (Wildman–Crippen LogP) is 2.05. The zero-order chi connectivity index (χ0) is 16.7. The Hall–Kier alpha value is -1.10. The summed E-state index contributed by atoms with van der Waals surface area (Å²) in [5, 5.41) is 2.97. The van der Waals surface area contributed by atoms with Crippen molar-refractivity contribution in [3.05, 3.63) is 0 Å². The molecular weight excluding hydrogens is 290 g/mol. The number of nitrogens with one attached hydrogen (secondary N) is 1. The first-order valence-corrected chi connectivity index (χ1v) is 9.36. The second-order valence-electron chi connectivity index (χ2n) is 7.39. The Morgan fingerprint density at radius 1 is 1.17 bits per heavy atom. The van der Waals surface area contributed by atoms with Crippen molar-refractivity contribution in [1.82, 2.24) is 10.2 Å². The maximum absolute atomic E-state index is 12.6. The van der Waals surface area contributed by atoms with Gasteiger partial charge in [0.1, 0.15) is 0 Å². The first-order chi connectivity index (χ1) is 11.1. The lowest BCUT2D eigenvalue weighted by Gasteiger charge is -2.38. The highest BCUT2D eigenvalue weighted by atomic mass is 16.2. The maximum Gasteiger partial charge on any atom is 0.223 e. The molecule has 5 heteroatoms. The van der Waals surface area contributed by atoms with Crippen LogP contribution in [0.25, 0.3) is 0 Å². The van der Waals surface area contributed by atoms with Crippen LogP contribution in [0.1, 0.15) is 64.7 Å². The number of nitrogens with zero attached hydrogens (tertiary/aromatic N) is 1. The van der Waals surface area contributed by atoms with Crippen LogP contribution in [0.3, 0.4) is 0 Å². The van der Waals surface area contributed by atoms with E-state index in [1.807, 2.05) is 4.90 Å². The molecule has 1 aliphatic heterocycles. The normalized spacial score (nSPS) is 21.9. The van der Waals surface area contributed by atoms with E-state index in [1.165, 1.54) is 19.3 Å². The first kappa shape index (κ1) is 18.2. The highest BCUT2D eigenvalue weighted by Crippen LogP contribution is 2.39. The quantitative estimate of drug-likeness (QED) is 0.785. The molecule has 0 spiro atoms. The van der Waals surface area contributed by atoms with E-state index in [1.54, 1.807) is 0 Å². The summed E-state index contributed by atoms with van der Waals surface area (Å²) in [5.41, 5.74) is 6.03. The monoisotopic (exact) mass is 323 g/mol. The van der Waals surface area contributed by atoms with Crippen molar-refractivity contribution in [2.24, 2.45) is 17.1 Å². The van der Waals surface area contributed by atoms with E-state index in [-0.39, 0.29) is 23.1 Å². The lowest BCUT2D eigenvalue weighted by molar-refractivity contribution is -0.138. The molecule has 2 fully saturated rings. The summed E-state index contributed by atoms with van der Waals surface area (Å²) < 4.78 is 0. The van der Waals surface area contributed by atoms with E-state index in [0.29, 0.717) is 26.1 Å². The Morgan fingerprint density at radius 2 is 1.83 bits per heavy atom. The molecule has 0 aromatic rings. The summed E-state index contributed by atoms with van der Waals surface area (Å²) in [4.78, 5) is 26.6. The second kappa shape index (κ2) is 8.67. The van der Waals surface area contributed by atoms with Crippen LogP contribution in [0.2, 0.25) is 0 Å². The summed E-state index contributed by atoms with van der Waals surface area (Å²) in [6, 6.07) is 0. The van der Waals surface area contributed by atoms with E-state index in [2.05, 4.69) is 12.2 Å². The standard InChI is InChI=1S/C18H33N3O2/c1-2-10-20-17(23)15-6-11-21(12-7-15)16(22)13-18(14-19)8-4-3-5-9-18/h15H,2-14,19H2,1H3,(H,20,23). The lowest BCUT2D eigenvalue weighted by atomic mass is 9.71. The van der Waals surface area contributed by atoms with Gasteiger partial charge in [-0.25, -0.2) is 0 Å². The average Bonchev–Trinajstić information content (AvgIpc) is 2.60. The molecule has 3 N–H and O–H groups in total. The molecule has 5 nitrogen and oxygen atoms in total. The lowest BCUT2D eigenvalue weighted by Crippen LogP contribution is -2.45. The molecule has 1 aliphatic carbocycles. The smallest absolute Gasteiger partial charge is 0.223 e. The van der Waals surface area contributed by atoms with Crippen molar-refractivity contribution < 1.29 is 9.59 Å². The fraction of sp³-hybridized carbons (Fsp3) is 0.889. The highest BCUT2D eigenvalue weighted by Gasteiger charge is 2.35. The summed E-state index contributed by atoms with van der Waals surface area (Å²) in [7, 11) is 0. The fourth-order valence-corrected chi connectivity index (χ4v) is 3.97. The predicted molar refractivity (Wildman–Crippen MR) is 91.8 cm³/mol. The molecule has 1 saturated heterocycles. The molecule has 1 heterocycles. The zero-order valence-corrected chi connectivity index (χ0v) is 14.6. The number of carbonyl (C=O) groups is 2. The van der Waals surface area contributed by atoms with Crippen LogP contribution >= 0.6 is 0 Å². The molecule has 0 bridgehead atoms. The molecule has 2 aliphatic rings. The van der Waals surface area contributed by atoms with E-state index in [4.69, 9.17) is 5.73 Å². The van der Waals surface area contributed by atoms with Crippen molar-refractivity contribution >= 4 is 11.8 Å². The Bertz CT molecular complexity index is 397. The van der Waals surface area contributed by atoms with Gasteiger partial charge in [0.25, 0.3) is 0 Å². The van der Waals surface area contributed by atoms with Gasteiger partial charge in [-0.1, -0.05) is 26.2 Å². The second-order valence-corrected chi connectivity index (χ2v) is 7.39. The molecule has 0 atom stereocenters. The number of piperidine rings is 1. The van der Waals surface area contributed by atoms with Gasteiger partial charge in [-0.05, 0) is 44.1 Å². The number of hydrogen-bond donors (Lipinski definition) is 2. The highest BCUT2D eigenvalue weighted by molar-refractivity contribution is 5.80. The molecule has 0 aromatic carbocycles. The minimum absolute atomic E-state index is 0.0324. The SMILES string of the molecule is CCCNC(=O)C1CCN(C(=O)CC2(CN)CCCCC2)CC1. The van der Waals surface area contributed by atoms with Gasteiger partial charge in [0.2, 0.25) is 11.8 Å². The molecule has 132 valence electrons. The molecule has 2 rings (SSSR count). The summed E-state index contributed by atoms with van der Waals surface area (Å²) in [5.74, 6) is 0.471. The number of nitrogens with two attached hydrogens (primary N) is 1. The topological polar surface area (TPSA) is 75.4 Å². The number of carbonyl (C=O) groups excluding carboxylic acids is 2. The Balaban J connectivity index is 1.80. The Morgan fingerprint density at radius 3 is 2.39 bits per heavy atom. The minimum atomic E-state index is 0.0324. The van der Waals surface area contributed by atoms with Crippen molar-refractivity contribution in [2.45, 2.75) is 64.7 Å². The van der Waals surface area contributed by atoms with Gasteiger partial charge in [-0.2, -0.15) is 0 Å². The van der Waals surface area contributed by atoms with Gasteiger partial charge in [0, 0.05) is 32.0 Å². The van der Waals surface area contributed by atoms with Gasteiger partial charge < -0.3 is 16.0 Å². The minimum Gasteiger partial charge on any atom is -0.356 e. The van der Waals surface area contributed by atoms with Crippen LogP contribution in [0.5, 0.6) is 0 Å². The molecule has 0 radical (unpaired) electrons. The third kappa shape index (κ3) is 4.93. The molecular formula is C18H33N3O2. The molecule has 0 unspecified atom stereocenters. The van der Waals surface area contributed by atoms with Crippen LogP contribution in [0.15, 0.2) is 0 Å². The van der Waals surface area contributed by atoms with Crippen LogP contribution in [-0.2, 0) is 9.59 Å². The summed E-state index contributed by atoms with van der Waals surface area (Å²) in [6.45, 7) is 4.85. The third-order valence-electron chi connectivity index (χ3n) is 5.64. The number of rotatable bonds is 6. The maximum atomic E-state index is 12.6. The van der Waals surface area contributed by atoms with Gasteiger partial charge in [-0.3, -0.25) is 9.59 Å². The number of likely N-dealkylation sites (tertiary alicyclic amines) is 1. The van der Waals surface area contributed by atoms with Gasteiger partial charge in [0.15, 0.2) is 0 Å².